The van der Waals surface area contributed by atoms with Crippen LogP contribution in [-0.4, -0.2) is 43.6 Å². The predicted molar refractivity (Wildman–Crippen MR) is 134 cm³/mol. The molecule has 4 aromatic rings. The summed E-state index contributed by atoms with van der Waals surface area (Å²) >= 11 is 0. The van der Waals surface area contributed by atoms with E-state index in [-0.39, 0.29) is 11.9 Å². The minimum Gasteiger partial charge on any atom is -0.457 e. The van der Waals surface area contributed by atoms with E-state index in [1.165, 1.54) is 19.2 Å². The molecule has 2 aromatic heterocycles. The molecule has 2 N–H and O–H groups in total. The van der Waals surface area contributed by atoms with E-state index in [1.54, 1.807) is 0 Å². The lowest BCUT2D eigenvalue weighted by atomic mass is 10.0. The molecule has 178 valence electrons. The van der Waals surface area contributed by atoms with Gasteiger partial charge in [0.15, 0.2) is 5.65 Å². The summed E-state index contributed by atoms with van der Waals surface area (Å²) in [6.45, 7) is 1.46. The van der Waals surface area contributed by atoms with Gasteiger partial charge in [-0.05, 0) is 68.0 Å². The van der Waals surface area contributed by atoms with Gasteiger partial charge in [-0.1, -0.05) is 18.2 Å². The Kier molecular flexibility index (Phi) is 5.56. The van der Waals surface area contributed by atoms with Gasteiger partial charge in [-0.3, -0.25) is 4.79 Å². The van der Waals surface area contributed by atoms with Crippen molar-refractivity contribution in [1.29, 1.82) is 0 Å². The lowest BCUT2D eigenvalue weighted by Crippen LogP contribution is -2.41. The molecule has 1 aliphatic heterocycles. The van der Waals surface area contributed by atoms with Crippen molar-refractivity contribution in [2.75, 3.05) is 18.8 Å². The molecule has 2 aliphatic rings. The number of carbonyl (C=O) groups is 1. The Morgan fingerprint density at radius 3 is 2.54 bits per heavy atom. The van der Waals surface area contributed by atoms with Crippen LogP contribution < -0.4 is 10.5 Å². The van der Waals surface area contributed by atoms with Crippen molar-refractivity contribution >= 4 is 22.8 Å². The number of aromatic nitrogens is 4. The highest BCUT2D eigenvalue weighted by molar-refractivity contribution is 5.98. The zero-order chi connectivity index (χ0) is 23.8. The number of para-hydroxylation sites is 1. The minimum absolute atomic E-state index is 0.0538. The number of hydrogen-bond donors (Lipinski definition) is 1. The summed E-state index contributed by atoms with van der Waals surface area (Å²) in [5.74, 6) is 2.77. The maximum Gasteiger partial charge on any atom is 0.222 e. The molecule has 8 heteroatoms. The summed E-state index contributed by atoms with van der Waals surface area (Å²) in [7, 11) is 0. The molecule has 1 atom stereocenters. The molecule has 1 saturated heterocycles. The van der Waals surface area contributed by atoms with E-state index >= 15 is 0 Å². The van der Waals surface area contributed by atoms with E-state index in [9.17, 15) is 4.79 Å². The number of likely N-dealkylation sites (tertiary alicyclic amines) is 1. The van der Waals surface area contributed by atoms with Crippen molar-refractivity contribution in [3.05, 3.63) is 60.9 Å². The van der Waals surface area contributed by atoms with Crippen molar-refractivity contribution in [2.45, 2.75) is 38.1 Å². The number of amides is 1. The smallest absolute Gasteiger partial charge is 0.222 e. The van der Waals surface area contributed by atoms with Crippen molar-refractivity contribution in [2.24, 2.45) is 5.92 Å². The van der Waals surface area contributed by atoms with Crippen LogP contribution in [0.1, 0.15) is 38.1 Å². The van der Waals surface area contributed by atoms with Crippen LogP contribution in [0.4, 0.5) is 5.82 Å². The number of rotatable bonds is 6. The molecule has 1 unspecified atom stereocenters. The number of nitrogens with zero attached hydrogens (tertiary/aromatic N) is 5. The summed E-state index contributed by atoms with van der Waals surface area (Å²) in [5, 5.41) is 5.72. The molecule has 1 amide bonds. The Bertz CT molecular complexity index is 1350. The first kappa shape index (κ1) is 21.6. The fourth-order valence-corrected chi connectivity index (χ4v) is 4.84. The topological polar surface area (TPSA) is 99.2 Å². The van der Waals surface area contributed by atoms with Crippen LogP contribution in [0.5, 0.6) is 11.5 Å². The molecule has 6 rings (SSSR count). The highest BCUT2D eigenvalue weighted by Gasteiger charge is 2.31. The van der Waals surface area contributed by atoms with Gasteiger partial charge in [-0.2, -0.15) is 5.10 Å². The first-order valence-corrected chi connectivity index (χ1v) is 12.3. The molecule has 35 heavy (non-hydrogen) atoms. The molecule has 1 saturated carbocycles. The Hall–Kier alpha value is -3.94. The van der Waals surface area contributed by atoms with E-state index in [0.717, 1.165) is 47.5 Å². The highest BCUT2D eigenvalue weighted by Crippen LogP contribution is 2.36. The molecule has 1 aliphatic carbocycles. The quantitative estimate of drug-likeness (QED) is 0.435. The first-order chi connectivity index (χ1) is 17.2. The second-order valence-electron chi connectivity index (χ2n) is 9.47. The second-order valence-corrected chi connectivity index (χ2v) is 9.47. The number of anilines is 1. The van der Waals surface area contributed by atoms with E-state index in [4.69, 9.17) is 15.6 Å². The van der Waals surface area contributed by atoms with Crippen molar-refractivity contribution < 1.29 is 9.53 Å². The lowest BCUT2D eigenvalue weighted by Gasteiger charge is -2.33. The summed E-state index contributed by atoms with van der Waals surface area (Å²) in [4.78, 5) is 23.5. The number of fused-ring (bicyclic) bond motifs is 1. The van der Waals surface area contributed by atoms with Crippen molar-refractivity contribution in [1.82, 2.24) is 24.6 Å². The van der Waals surface area contributed by atoms with Gasteiger partial charge in [-0.15, -0.1) is 0 Å². The Morgan fingerprint density at radius 1 is 1.00 bits per heavy atom. The number of piperidine rings is 1. The van der Waals surface area contributed by atoms with Gasteiger partial charge in [-0.25, -0.2) is 14.6 Å². The van der Waals surface area contributed by atoms with Crippen LogP contribution in [0, 0.1) is 5.92 Å². The third-order valence-corrected chi connectivity index (χ3v) is 6.88. The van der Waals surface area contributed by atoms with Gasteiger partial charge in [0.1, 0.15) is 29.3 Å². The Balaban J connectivity index is 1.30. The van der Waals surface area contributed by atoms with Crippen LogP contribution in [0.3, 0.4) is 0 Å². The summed E-state index contributed by atoms with van der Waals surface area (Å²) in [6.07, 6.45) is 6.41. The lowest BCUT2D eigenvalue weighted by molar-refractivity contribution is -0.133. The largest absolute Gasteiger partial charge is 0.457 e. The van der Waals surface area contributed by atoms with Gasteiger partial charge >= 0.3 is 0 Å². The average molecular weight is 469 g/mol. The highest BCUT2D eigenvalue weighted by atomic mass is 16.5. The number of nitrogen functional groups attached to an aromatic ring is 1. The summed E-state index contributed by atoms with van der Waals surface area (Å²) in [6, 6.07) is 17.5. The van der Waals surface area contributed by atoms with Gasteiger partial charge in [0.2, 0.25) is 5.91 Å². The number of ether oxygens (including phenoxy) is 1. The summed E-state index contributed by atoms with van der Waals surface area (Å²) in [5.41, 5.74) is 8.67. The van der Waals surface area contributed by atoms with Crippen LogP contribution >= 0.6 is 0 Å². The maximum atomic E-state index is 12.8. The Labute approximate surface area is 203 Å². The third-order valence-electron chi connectivity index (χ3n) is 6.88. The minimum atomic E-state index is 0.0538. The molecule has 0 bridgehead atoms. The molecule has 0 radical (unpaired) electrons. The first-order valence-electron chi connectivity index (χ1n) is 12.3. The standard InChI is InChI=1S/C27H28N6O2/c28-26-24-25(19-10-12-22(13-11-19)35-21-6-2-1-3-7-21)31-33(27(24)30-17-29-26)20-5-4-14-32(16-20)23(34)15-18-8-9-18/h1-3,6-7,10-13,17-18,20H,4-5,8-9,14-16H2,(H2,28,29,30). The molecule has 0 spiro atoms. The van der Waals surface area contributed by atoms with Crippen LogP contribution in [0.25, 0.3) is 22.3 Å². The normalized spacial score (nSPS) is 18.1. The fraction of sp³-hybridized carbons (Fsp3) is 0.333. The second kappa shape index (κ2) is 9.02. The van der Waals surface area contributed by atoms with Gasteiger partial charge < -0.3 is 15.4 Å². The van der Waals surface area contributed by atoms with Gasteiger partial charge in [0, 0.05) is 25.1 Å². The zero-order valence-corrected chi connectivity index (χ0v) is 19.5. The Morgan fingerprint density at radius 2 is 1.77 bits per heavy atom. The van der Waals surface area contributed by atoms with E-state index in [0.29, 0.717) is 30.3 Å². The fourth-order valence-electron chi connectivity index (χ4n) is 4.84. The van der Waals surface area contributed by atoms with Crippen molar-refractivity contribution in [3.8, 4) is 22.8 Å². The molecular weight excluding hydrogens is 440 g/mol. The third kappa shape index (κ3) is 4.43. The van der Waals surface area contributed by atoms with Gasteiger partial charge in [0.25, 0.3) is 0 Å². The molecule has 2 fully saturated rings. The number of benzene rings is 2. The predicted octanol–water partition coefficient (Wildman–Crippen LogP) is 4.83. The van der Waals surface area contributed by atoms with Crippen LogP contribution in [0.15, 0.2) is 60.9 Å². The number of nitrogens with two attached hydrogens (primary N) is 1. The van der Waals surface area contributed by atoms with Crippen molar-refractivity contribution in [3.63, 3.8) is 0 Å². The number of hydrogen-bond acceptors (Lipinski definition) is 6. The van der Waals surface area contributed by atoms with Crippen LogP contribution in [-0.2, 0) is 4.79 Å². The van der Waals surface area contributed by atoms with E-state index in [2.05, 4.69) is 9.97 Å². The SMILES string of the molecule is Nc1ncnc2c1c(-c1ccc(Oc3ccccc3)cc1)nn2C1CCCN(C(=O)CC2CC2)C1. The molecule has 2 aromatic carbocycles. The molecule has 8 nitrogen and oxygen atoms in total. The van der Waals surface area contributed by atoms with Crippen LogP contribution in [0.2, 0.25) is 0 Å². The average Bonchev–Trinajstić information content (AvgIpc) is 3.62. The number of carbonyl (C=O) groups excluding carboxylic acids is 1. The molecule has 3 heterocycles. The monoisotopic (exact) mass is 468 g/mol. The zero-order valence-electron chi connectivity index (χ0n) is 19.5. The van der Waals surface area contributed by atoms with E-state index < -0.39 is 0 Å². The van der Waals surface area contributed by atoms with Gasteiger partial charge in [0.05, 0.1) is 11.4 Å². The van der Waals surface area contributed by atoms with E-state index in [1.807, 2.05) is 64.2 Å². The molecular formula is C27H28N6O2. The summed E-state index contributed by atoms with van der Waals surface area (Å²) < 4.78 is 7.89. The maximum absolute atomic E-state index is 12.8.